The normalized spacial score (nSPS) is 11.2. The Bertz CT molecular complexity index is 1060. The summed E-state index contributed by atoms with van der Waals surface area (Å²) in [7, 11) is 0. The van der Waals surface area contributed by atoms with E-state index in [4.69, 9.17) is 0 Å². The number of hydrogen-bond donors (Lipinski definition) is 0. The van der Waals surface area contributed by atoms with Crippen LogP contribution in [0, 0.1) is 0 Å². The number of ketones is 1. The predicted molar refractivity (Wildman–Crippen MR) is 113 cm³/mol. The first kappa shape index (κ1) is 17.3. The molecule has 2 nitrogen and oxygen atoms in total. The minimum Gasteiger partial charge on any atom is -0.332 e. The van der Waals surface area contributed by atoms with Gasteiger partial charge in [0.2, 0.25) is 0 Å². The number of thiophene rings is 1. The van der Waals surface area contributed by atoms with Crippen molar-refractivity contribution in [3.63, 3.8) is 0 Å². The highest BCUT2D eigenvalue weighted by Crippen LogP contribution is 2.34. The van der Waals surface area contributed by atoms with Crippen molar-refractivity contribution < 1.29 is 4.79 Å². The third-order valence-electron chi connectivity index (χ3n) is 4.59. The third kappa shape index (κ3) is 3.15. The Kier molecular flexibility index (Phi) is 4.79. The summed E-state index contributed by atoms with van der Waals surface area (Å²) in [6.45, 7) is 2.60. The standard InChI is InChI=1S/C22H18BrNOS/c1-2-20(25)19-12-21-22(18(23)14-26-21)24(19)13-15-8-10-17(11-9-15)16-6-4-3-5-7-16/h3-12,14H,2,13H2,1H3. The molecular formula is C22H18BrNOS. The molecule has 0 aliphatic heterocycles. The van der Waals surface area contributed by atoms with Crippen LogP contribution in [0.25, 0.3) is 21.3 Å². The third-order valence-corrected chi connectivity index (χ3v) is 6.41. The molecule has 0 aliphatic rings. The van der Waals surface area contributed by atoms with Gasteiger partial charge in [0.1, 0.15) is 0 Å². The summed E-state index contributed by atoms with van der Waals surface area (Å²) >= 11 is 5.30. The highest BCUT2D eigenvalue weighted by Gasteiger charge is 2.17. The summed E-state index contributed by atoms with van der Waals surface area (Å²) in [5, 5.41) is 2.08. The van der Waals surface area contributed by atoms with Crippen molar-refractivity contribution in [3.05, 3.63) is 81.8 Å². The topological polar surface area (TPSA) is 22.0 Å². The first-order valence-electron chi connectivity index (χ1n) is 8.61. The van der Waals surface area contributed by atoms with Crippen molar-refractivity contribution in [3.8, 4) is 11.1 Å². The number of hydrogen-bond acceptors (Lipinski definition) is 2. The second kappa shape index (κ2) is 7.22. The second-order valence-corrected chi connectivity index (χ2v) is 8.02. The monoisotopic (exact) mass is 423 g/mol. The smallest absolute Gasteiger partial charge is 0.179 e. The van der Waals surface area contributed by atoms with E-state index < -0.39 is 0 Å². The van der Waals surface area contributed by atoms with Gasteiger partial charge < -0.3 is 4.57 Å². The molecule has 2 aromatic carbocycles. The largest absolute Gasteiger partial charge is 0.332 e. The van der Waals surface area contributed by atoms with E-state index in [-0.39, 0.29) is 5.78 Å². The van der Waals surface area contributed by atoms with Gasteiger partial charge in [-0.05, 0) is 38.7 Å². The maximum absolute atomic E-state index is 12.4. The van der Waals surface area contributed by atoms with Gasteiger partial charge in [-0.1, -0.05) is 61.5 Å². The maximum atomic E-state index is 12.4. The molecule has 26 heavy (non-hydrogen) atoms. The molecule has 130 valence electrons. The van der Waals surface area contributed by atoms with Gasteiger partial charge in [0, 0.05) is 18.3 Å². The summed E-state index contributed by atoms with van der Waals surface area (Å²) in [6.07, 6.45) is 0.516. The zero-order valence-corrected chi connectivity index (χ0v) is 16.8. The van der Waals surface area contributed by atoms with E-state index in [2.05, 4.69) is 74.4 Å². The number of aromatic nitrogens is 1. The lowest BCUT2D eigenvalue weighted by Crippen LogP contribution is -2.09. The quantitative estimate of drug-likeness (QED) is 0.324. The molecule has 0 bridgehead atoms. The number of fused-ring (bicyclic) bond motifs is 1. The average Bonchev–Trinajstić information content (AvgIpc) is 3.23. The molecular weight excluding hydrogens is 406 g/mol. The van der Waals surface area contributed by atoms with E-state index in [0.29, 0.717) is 13.0 Å². The molecule has 0 N–H and O–H groups in total. The Morgan fingerprint density at radius 3 is 2.42 bits per heavy atom. The van der Waals surface area contributed by atoms with Gasteiger partial charge in [-0.15, -0.1) is 11.3 Å². The first-order valence-corrected chi connectivity index (χ1v) is 10.3. The van der Waals surface area contributed by atoms with Crippen molar-refractivity contribution >= 4 is 43.3 Å². The Hall–Kier alpha value is -2.17. The molecule has 2 heterocycles. The van der Waals surface area contributed by atoms with Crippen LogP contribution in [0.2, 0.25) is 0 Å². The fraction of sp³-hybridized carbons (Fsp3) is 0.136. The number of Topliss-reactive ketones (excluding diaryl/α,β-unsaturated/α-hetero) is 1. The van der Waals surface area contributed by atoms with Crippen LogP contribution < -0.4 is 0 Å². The minimum absolute atomic E-state index is 0.182. The van der Waals surface area contributed by atoms with Crippen LogP contribution in [0.5, 0.6) is 0 Å². The number of carbonyl (C=O) groups excluding carboxylic acids is 1. The Morgan fingerprint density at radius 1 is 1.04 bits per heavy atom. The number of benzene rings is 2. The number of halogens is 1. The Balaban J connectivity index is 1.71. The van der Waals surface area contributed by atoms with E-state index in [9.17, 15) is 4.79 Å². The molecule has 0 spiro atoms. The van der Waals surface area contributed by atoms with Crippen molar-refractivity contribution in [1.29, 1.82) is 0 Å². The van der Waals surface area contributed by atoms with Crippen LogP contribution in [-0.4, -0.2) is 10.4 Å². The van der Waals surface area contributed by atoms with E-state index in [1.165, 1.54) is 16.7 Å². The molecule has 0 saturated carbocycles. The van der Waals surface area contributed by atoms with E-state index in [1.54, 1.807) is 11.3 Å². The maximum Gasteiger partial charge on any atom is 0.179 e. The Morgan fingerprint density at radius 2 is 1.73 bits per heavy atom. The van der Waals surface area contributed by atoms with Crippen LogP contribution in [0.3, 0.4) is 0 Å². The van der Waals surface area contributed by atoms with Crippen LogP contribution in [-0.2, 0) is 6.54 Å². The van der Waals surface area contributed by atoms with Crippen LogP contribution in [0.15, 0.2) is 70.5 Å². The minimum atomic E-state index is 0.182. The van der Waals surface area contributed by atoms with Crippen molar-refractivity contribution in [2.45, 2.75) is 19.9 Å². The molecule has 0 amide bonds. The predicted octanol–water partition coefficient (Wildman–Crippen LogP) is 6.77. The molecule has 0 atom stereocenters. The van der Waals surface area contributed by atoms with Crippen LogP contribution in [0.4, 0.5) is 0 Å². The van der Waals surface area contributed by atoms with Crippen molar-refractivity contribution in [2.24, 2.45) is 0 Å². The Labute approximate surface area is 165 Å². The van der Waals surface area contributed by atoms with E-state index in [0.717, 1.165) is 20.4 Å². The van der Waals surface area contributed by atoms with Gasteiger partial charge in [0.15, 0.2) is 5.78 Å². The summed E-state index contributed by atoms with van der Waals surface area (Å²) in [6, 6.07) is 21.0. The molecule has 0 saturated heterocycles. The lowest BCUT2D eigenvalue weighted by atomic mass is 10.0. The van der Waals surface area contributed by atoms with Gasteiger partial charge in [-0.25, -0.2) is 0 Å². The highest BCUT2D eigenvalue weighted by atomic mass is 79.9. The summed E-state index contributed by atoms with van der Waals surface area (Å²) < 4.78 is 4.34. The summed E-state index contributed by atoms with van der Waals surface area (Å²) in [5.74, 6) is 0.182. The molecule has 0 fully saturated rings. The first-order chi connectivity index (χ1) is 12.7. The fourth-order valence-electron chi connectivity index (χ4n) is 3.22. The number of carbonyl (C=O) groups is 1. The van der Waals surface area contributed by atoms with Gasteiger partial charge in [0.25, 0.3) is 0 Å². The molecule has 0 aliphatic carbocycles. The van der Waals surface area contributed by atoms with Crippen LogP contribution in [0.1, 0.15) is 29.4 Å². The number of rotatable bonds is 5. The van der Waals surface area contributed by atoms with Gasteiger partial charge in [-0.3, -0.25) is 4.79 Å². The molecule has 4 aromatic rings. The van der Waals surface area contributed by atoms with E-state index >= 15 is 0 Å². The molecule has 4 rings (SSSR count). The molecule has 4 heteroatoms. The second-order valence-electron chi connectivity index (χ2n) is 6.25. The molecule has 2 aromatic heterocycles. The summed E-state index contributed by atoms with van der Waals surface area (Å²) in [4.78, 5) is 12.4. The number of nitrogens with zero attached hydrogens (tertiary/aromatic N) is 1. The van der Waals surface area contributed by atoms with Gasteiger partial charge >= 0.3 is 0 Å². The zero-order valence-electron chi connectivity index (χ0n) is 14.4. The fourth-order valence-corrected chi connectivity index (χ4v) is 4.92. The van der Waals surface area contributed by atoms with Crippen molar-refractivity contribution in [1.82, 2.24) is 4.57 Å². The van der Waals surface area contributed by atoms with Gasteiger partial charge in [0.05, 0.1) is 20.4 Å². The lowest BCUT2D eigenvalue weighted by Gasteiger charge is -2.11. The van der Waals surface area contributed by atoms with Crippen molar-refractivity contribution in [2.75, 3.05) is 0 Å². The highest BCUT2D eigenvalue weighted by molar-refractivity contribution is 9.10. The molecule has 0 unspecified atom stereocenters. The average molecular weight is 424 g/mol. The molecule has 0 radical (unpaired) electrons. The van der Waals surface area contributed by atoms with Crippen LogP contribution >= 0.6 is 27.3 Å². The summed E-state index contributed by atoms with van der Waals surface area (Å²) in [5.41, 5.74) is 5.50. The van der Waals surface area contributed by atoms with Gasteiger partial charge in [-0.2, -0.15) is 0 Å². The SMILES string of the molecule is CCC(=O)c1cc2scc(Br)c2n1Cc1ccc(-c2ccccc2)cc1. The zero-order chi connectivity index (χ0) is 18.1. The van der Waals surface area contributed by atoms with E-state index in [1.807, 2.05) is 19.1 Å². The lowest BCUT2D eigenvalue weighted by molar-refractivity contribution is 0.0980.